The van der Waals surface area contributed by atoms with E-state index in [0.29, 0.717) is 0 Å². The standard InChI is InChI=1S/C14H24O15S2/c1-5-8(16)13(25-6(3-15)9(5)28-30(17,18)19)27-10-7-4-24-11(10)12(14(23-2)26-7)29-31(20,21)22/h5-16H,3-4H2,1-2H3,(H,17,18,19)(H,20,21,22)/p-2/t5?,6?,7?,8?,9-,10+,11?,12+,13+,14+/m1/s1. The van der Waals surface area contributed by atoms with Gasteiger partial charge >= 0.3 is 0 Å². The third kappa shape index (κ3) is 5.69. The average Bonchev–Trinajstić information content (AvgIpc) is 2.95. The summed E-state index contributed by atoms with van der Waals surface area (Å²) in [5.41, 5.74) is 0. The lowest BCUT2D eigenvalue weighted by molar-refractivity contribution is -0.328. The first-order valence-electron chi connectivity index (χ1n) is 9.02. The highest BCUT2D eigenvalue weighted by atomic mass is 32.3. The van der Waals surface area contributed by atoms with Crippen molar-refractivity contribution in [2.24, 2.45) is 5.92 Å². The molecule has 31 heavy (non-hydrogen) atoms. The molecule has 0 aromatic carbocycles. The molecule has 10 atom stereocenters. The minimum Gasteiger partial charge on any atom is -0.726 e. The maximum atomic E-state index is 11.1. The molecular weight excluding hydrogens is 472 g/mol. The van der Waals surface area contributed by atoms with Gasteiger partial charge in [0, 0.05) is 13.0 Å². The van der Waals surface area contributed by atoms with Gasteiger partial charge in [-0.05, 0) is 0 Å². The third-order valence-corrected chi connectivity index (χ3v) is 6.13. The van der Waals surface area contributed by atoms with E-state index in [-0.39, 0.29) is 6.61 Å². The van der Waals surface area contributed by atoms with E-state index < -0.39 is 88.6 Å². The molecule has 0 spiro atoms. The van der Waals surface area contributed by atoms with Crippen molar-refractivity contribution in [1.82, 2.24) is 0 Å². The Bertz CT molecular complexity index is 829. The number of rotatable bonds is 8. The molecule has 5 unspecified atom stereocenters. The summed E-state index contributed by atoms with van der Waals surface area (Å²) >= 11 is 0. The maximum Gasteiger partial charge on any atom is 0.218 e. The Morgan fingerprint density at radius 3 is 2.16 bits per heavy atom. The van der Waals surface area contributed by atoms with Gasteiger partial charge in [0.2, 0.25) is 20.8 Å². The van der Waals surface area contributed by atoms with E-state index in [1.54, 1.807) is 0 Å². The Labute approximate surface area is 178 Å². The van der Waals surface area contributed by atoms with Crippen LogP contribution in [0.2, 0.25) is 0 Å². The fraction of sp³-hybridized carbons (Fsp3) is 1.00. The Kier molecular flexibility index (Phi) is 7.58. The summed E-state index contributed by atoms with van der Waals surface area (Å²) in [7, 11) is -9.13. The second-order valence-corrected chi connectivity index (χ2v) is 9.21. The first kappa shape index (κ1) is 25.1. The number of hydrogen-bond donors (Lipinski definition) is 2. The molecule has 17 heteroatoms. The van der Waals surface area contributed by atoms with Crippen LogP contribution in [0, 0.1) is 5.92 Å². The first-order valence-corrected chi connectivity index (χ1v) is 11.7. The highest BCUT2D eigenvalue weighted by molar-refractivity contribution is 7.81. The second kappa shape index (κ2) is 9.37. The van der Waals surface area contributed by atoms with E-state index in [1.807, 2.05) is 0 Å². The van der Waals surface area contributed by atoms with Crippen molar-refractivity contribution in [2.45, 2.75) is 62.2 Å². The average molecular weight is 494 g/mol. The Balaban J connectivity index is 1.77. The SMILES string of the molecule is CO[C@H]1OC2COC([C@H]2O[C@@H]2OC(CO)[C@H](OS(=O)(=O)[O-])C(C)C2O)[C@@H]1OS(=O)(=O)[O-]. The normalized spacial score (nSPS) is 43.8. The number of ether oxygens (including phenoxy) is 5. The van der Waals surface area contributed by atoms with Crippen LogP contribution in [-0.2, 0) is 52.8 Å². The lowest BCUT2D eigenvalue weighted by atomic mass is 9.90. The molecule has 182 valence electrons. The van der Waals surface area contributed by atoms with Crippen LogP contribution < -0.4 is 0 Å². The van der Waals surface area contributed by atoms with Crippen LogP contribution >= 0.6 is 0 Å². The smallest absolute Gasteiger partial charge is 0.218 e. The molecule has 3 aliphatic heterocycles. The molecule has 0 saturated carbocycles. The van der Waals surface area contributed by atoms with Gasteiger partial charge in [-0.3, -0.25) is 8.37 Å². The van der Waals surface area contributed by atoms with E-state index in [0.717, 1.165) is 0 Å². The van der Waals surface area contributed by atoms with Crippen molar-refractivity contribution in [2.75, 3.05) is 20.3 Å². The lowest BCUT2D eigenvalue weighted by Gasteiger charge is -2.45. The van der Waals surface area contributed by atoms with E-state index >= 15 is 0 Å². The molecule has 3 rings (SSSR count). The van der Waals surface area contributed by atoms with Crippen LogP contribution in [-0.4, -0.2) is 112 Å². The van der Waals surface area contributed by atoms with Gasteiger partial charge in [-0.2, -0.15) is 0 Å². The first-order chi connectivity index (χ1) is 14.3. The van der Waals surface area contributed by atoms with Gasteiger partial charge < -0.3 is 43.0 Å². The molecule has 0 aromatic rings. The summed E-state index contributed by atoms with van der Waals surface area (Å²) in [5.74, 6) is -1.04. The van der Waals surface area contributed by atoms with Gasteiger partial charge in [0.15, 0.2) is 18.7 Å². The Morgan fingerprint density at radius 2 is 1.61 bits per heavy atom. The van der Waals surface area contributed by atoms with Crippen LogP contribution in [0.1, 0.15) is 6.92 Å². The highest BCUT2D eigenvalue weighted by Gasteiger charge is 2.56. The monoisotopic (exact) mass is 494 g/mol. The quantitative estimate of drug-likeness (QED) is 0.247. The third-order valence-electron chi connectivity index (χ3n) is 5.22. The van der Waals surface area contributed by atoms with Crippen LogP contribution in [0.4, 0.5) is 0 Å². The van der Waals surface area contributed by atoms with Gasteiger partial charge in [0.1, 0.15) is 36.6 Å². The summed E-state index contributed by atoms with van der Waals surface area (Å²) in [4.78, 5) is 0. The largest absolute Gasteiger partial charge is 0.726 e. The van der Waals surface area contributed by atoms with E-state index in [1.165, 1.54) is 14.0 Å². The summed E-state index contributed by atoms with van der Waals surface area (Å²) < 4.78 is 102. The minimum absolute atomic E-state index is 0.0874. The molecule has 0 aromatic heterocycles. The molecule has 3 fully saturated rings. The van der Waals surface area contributed by atoms with Gasteiger partial charge in [0.05, 0.1) is 13.2 Å². The summed E-state index contributed by atoms with van der Waals surface area (Å²) in [6, 6.07) is 0. The maximum absolute atomic E-state index is 11.1. The molecule has 0 aliphatic carbocycles. The number of fused-ring (bicyclic) bond motifs is 2. The highest BCUT2D eigenvalue weighted by Crippen LogP contribution is 2.37. The fourth-order valence-electron chi connectivity index (χ4n) is 3.81. The van der Waals surface area contributed by atoms with Gasteiger partial charge in [-0.25, -0.2) is 16.8 Å². The van der Waals surface area contributed by atoms with Crippen molar-refractivity contribution < 1.29 is 68.2 Å². The molecule has 15 nitrogen and oxygen atoms in total. The summed E-state index contributed by atoms with van der Waals surface area (Å²) in [6.45, 7) is 0.491. The molecular formula is C14H22O15S2-2. The number of aliphatic hydroxyl groups is 2. The molecule has 0 radical (unpaired) electrons. The zero-order valence-electron chi connectivity index (χ0n) is 16.2. The van der Waals surface area contributed by atoms with E-state index in [9.17, 15) is 36.2 Å². The van der Waals surface area contributed by atoms with Crippen LogP contribution in [0.15, 0.2) is 0 Å². The second-order valence-electron chi connectivity index (χ2n) is 7.19. The molecule has 3 heterocycles. The van der Waals surface area contributed by atoms with Crippen molar-refractivity contribution in [3.63, 3.8) is 0 Å². The number of aliphatic hydroxyl groups excluding tert-OH is 2. The predicted molar refractivity (Wildman–Crippen MR) is 90.3 cm³/mol. The van der Waals surface area contributed by atoms with Crippen LogP contribution in [0.25, 0.3) is 0 Å². The molecule has 3 saturated heterocycles. The van der Waals surface area contributed by atoms with Crippen LogP contribution in [0.3, 0.4) is 0 Å². The van der Waals surface area contributed by atoms with Crippen LogP contribution in [0.5, 0.6) is 0 Å². The van der Waals surface area contributed by atoms with Crippen molar-refractivity contribution in [3.05, 3.63) is 0 Å². The molecule has 0 amide bonds. The van der Waals surface area contributed by atoms with Gasteiger partial charge in [-0.15, -0.1) is 0 Å². The zero-order chi connectivity index (χ0) is 23.1. The Morgan fingerprint density at radius 1 is 1.00 bits per heavy atom. The van der Waals surface area contributed by atoms with Gasteiger partial charge in [0.25, 0.3) is 0 Å². The van der Waals surface area contributed by atoms with E-state index in [4.69, 9.17) is 23.7 Å². The number of methoxy groups -OCH3 is 1. The molecule has 3 aliphatic rings. The predicted octanol–water partition coefficient (Wildman–Crippen LogP) is -3.45. The summed E-state index contributed by atoms with van der Waals surface area (Å²) in [5, 5.41) is 20.0. The fourth-order valence-corrected chi connectivity index (χ4v) is 4.86. The van der Waals surface area contributed by atoms with Crippen molar-refractivity contribution in [1.29, 1.82) is 0 Å². The van der Waals surface area contributed by atoms with Crippen molar-refractivity contribution >= 4 is 20.8 Å². The van der Waals surface area contributed by atoms with Crippen molar-refractivity contribution in [3.8, 4) is 0 Å². The molecule has 2 bridgehead atoms. The summed E-state index contributed by atoms with van der Waals surface area (Å²) in [6.07, 6.45) is -11.7. The number of hydrogen-bond acceptors (Lipinski definition) is 15. The topological polar surface area (TPSA) is 219 Å². The minimum atomic E-state index is -5.17. The van der Waals surface area contributed by atoms with Gasteiger partial charge in [-0.1, -0.05) is 6.92 Å². The zero-order valence-corrected chi connectivity index (χ0v) is 17.8. The Hall–Kier alpha value is -0.540. The molecule has 2 N–H and O–H groups in total. The van der Waals surface area contributed by atoms with E-state index in [2.05, 4.69) is 8.37 Å². The lowest BCUT2D eigenvalue weighted by Crippen LogP contribution is -2.61.